The Hall–Kier alpha value is -1.09. The van der Waals surface area contributed by atoms with Crippen LogP contribution in [0.2, 0.25) is 0 Å². The lowest BCUT2D eigenvalue weighted by Crippen LogP contribution is -2.33. The molecule has 0 amide bonds. The molecule has 0 radical (unpaired) electrons. The summed E-state index contributed by atoms with van der Waals surface area (Å²) in [5, 5.41) is 18.3. The second-order valence-electron chi connectivity index (χ2n) is 3.70. The van der Waals surface area contributed by atoms with Crippen molar-refractivity contribution in [1.29, 1.82) is 0 Å². The van der Waals surface area contributed by atoms with Crippen molar-refractivity contribution in [2.24, 2.45) is 0 Å². The maximum absolute atomic E-state index is 13.7. The quantitative estimate of drug-likeness (QED) is 0.625. The van der Waals surface area contributed by atoms with Crippen LogP contribution in [0.5, 0.6) is 0 Å². The Morgan fingerprint density at radius 3 is 2.88 bits per heavy atom. The molecule has 0 aromatic carbocycles. The highest BCUT2D eigenvalue weighted by Gasteiger charge is 2.45. The molecule has 0 spiro atoms. The zero-order valence-corrected chi connectivity index (χ0v) is 9.43. The zero-order valence-electron chi connectivity index (χ0n) is 8.62. The molecule has 1 aliphatic heterocycles. The van der Waals surface area contributed by atoms with Gasteiger partial charge in [0.15, 0.2) is 12.4 Å². The lowest BCUT2D eigenvalue weighted by atomic mass is 10.1. The number of nitrogens with one attached hydrogen (secondary N) is 1. The van der Waals surface area contributed by atoms with E-state index in [0.717, 1.165) is 4.57 Å². The van der Waals surface area contributed by atoms with Crippen LogP contribution in [0, 0.1) is 4.64 Å². The van der Waals surface area contributed by atoms with Crippen LogP contribution in [0.3, 0.4) is 0 Å². The molecule has 0 saturated carbocycles. The summed E-state index contributed by atoms with van der Waals surface area (Å²) >= 11 is 4.74. The van der Waals surface area contributed by atoms with Gasteiger partial charge >= 0.3 is 5.69 Å². The lowest BCUT2D eigenvalue weighted by molar-refractivity contribution is -0.0491. The van der Waals surface area contributed by atoms with Crippen LogP contribution in [-0.4, -0.2) is 44.8 Å². The number of halogens is 1. The van der Waals surface area contributed by atoms with Crippen LogP contribution in [0.1, 0.15) is 6.23 Å². The molecule has 2 rings (SSSR count). The van der Waals surface area contributed by atoms with E-state index in [1.807, 2.05) is 0 Å². The van der Waals surface area contributed by atoms with Crippen molar-refractivity contribution in [3.63, 3.8) is 0 Å². The summed E-state index contributed by atoms with van der Waals surface area (Å²) in [6.45, 7) is -0.518. The lowest BCUT2D eigenvalue weighted by Gasteiger charge is -2.15. The van der Waals surface area contributed by atoms with Gasteiger partial charge in [-0.25, -0.2) is 9.18 Å². The number of ether oxygens (including phenoxy) is 1. The molecule has 8 heteroatoms. The molecule has 1 aromatic rings. The van der Waals surface area contributed by atoms with Crippen LogP contribution >= 0.6 is 12.2 Å². The Morgan fingerprint density at radius 2 is 2.35 bits per heavy atom. The molecule has 0 bridgehead atoms. The Balaban J connectivity index is 2.35. The van der Waals surface area contributed by atoms with Gasteiger partial charge < -0.3 is 14.9 Å². The molecular weight excluding hydrogens is 251 g/mol. The van der Waals surface area contributed by atoms with Crippen molar-refractivity contribution in [3.8, 4) is 0 Å². The molecule has 2 heterocycles. The molecular formula is C9H11FN2O4S. The highest BCUT2D eigenvalue weighted by atomic mass is 32.1. The largest absolute Gasteiger partial charge is 0.394 e. The predicted octanol–water partition coefficient (Wildman–Crippen LogP) is -0.505. The van der Waals surface area contributed by atoms with E-state index in [1.165, 1.54) is 12.3 Å². The third kappa shape index (κ3) is 2.16. The number of nitrogens with zero attached hydrogens (tertiary/aromatic N) is 1. The van der Waals surface area contributed by atoms with Crippen molar-refractivity contribution in [1.82, 2.24) is 9.55 Å². The first-order valence-corrected chi connectivity index (χ1v) is 5.35. The van der Waals surface area contributed by atoms with E-state index in [9.17, 15) is 14.3 Å². The second kappa shape index (κ2) is 4.65. The Labute approximate surface area is 100 Å². The van der Waals surface area contributed by atoms with E-state index in [4.69, 9.17) is 22.1 Å². The second-order valence-corrected chi connectivity index (χ2v) is 4.14. The predicted molar refractivity (Wildman–Crippen MR) is 57.8 cm³/mol. The SMILES string of the molecule is O=c1[nH]c(=S)ccn1[C@@H]1O[C@H](CO)C(O)[C@H]1F. The van der Waals surface area contributed by atoms with E-state index in [1.54, 1.807) is 0 Å². The number of aliphatic hydroxyl groups excluding tert-OH is 2. The summed E-state index contributed by atoms with van der Waals surface area (Å²) in [5.41, 5.74) is -0.629. The molecule has 1 aliphatic rings. The van der Waals surface area contributed by atoms with Gasteiger partial charge in [0.05, 0.1) is 6.61 Å². The van der Waals surface area contributed by atoms with Gasteiger partial charge in [0.1, 0.15) is 16.8 Å². The molecule has 1 unspecified atom stereocenters. The zero-order chi connectivity index (χ0) is 12.6. The van der Waals surface area contributed by atoms with Crippen molar-refractivity contribution in [2.75, 3.05) is 6.61 Å². The van der Waals surface area contributed by atoms with Gasteiger partial charge in [-0.1, -0.05) is 12.2 Å². The van der Waals surface area contributed by atoms with Crippen LogP contribution in [0.25, 0.3) is 0 Å². The maximum atomic E-state index is 13.7. The van der Waals surface area contributed by atoms with Gasteiger partial charge in [-0.3, -0.25) is 9.55 Å². The highest BCUT2D eigenvalue weighted by Crippen LogP contribution is 2.30. The monoisotopic (exact) mass is 262 g/mol. The number of hydrogen-bond acceptors (Lipinski definition) is 5. The Bertz CT molecular complexity index is 516. The first-order valence-electron chi connectivity index (χ1n) is 4.94. The summed E-state index contributed by atoms with van der Waals surface area (Å²) in [6, 6.07) is 1.41. The average Bonchev–Trinajstić information content (AvgIpc) is 2.57. The third-order valence-corrected chi connectivity index (χ3v) is 2.84. The van der Waals surface area contributed by atoms with Crippen molar-refractivity contribution >= 4 is 12.2 Å². The van der Waals surface area contributed by atoms with Crippen LogP contribution < -0.4 is 5.69 Å². The summed E-state index contributed by atoms with van der Waals surface area (Å²) in [7, 11) is 0. The molecule has 3 N–H and O–H groups in total. The maximum Gasteiger partial charge on any atom is 0.328 e. The molecule has 1 aromatic heterocycles. The van der Waals surface area contributed by atoms with Gasteiger partial charge in [0.2, 0.25) is 0 Å². The molecule has 6 nitrogen and oxygen atoms in total. The molecule has 4 atom stereocenters. The standard InChI is InChI=1S/C9H11FN2O4S/c10-6-7(14)4(3-13)16-8(6)12-2-1-5(17)11-9(12)15/h1-2,4,6-8,13-14H,3H2,(H,11,15,17)/t4-,6-,7?,8-/m1/s1. The number of rotatable bonds is 2. The Kier molecular flexibility index (Phi) is 3.38. The fraction of sp³-hybridized carbons (Fsp3) is 0.556. The molecule has 17 heavy (non-hydrogen) atoms. The van der Waals surface area contributed by atoms with Crippen LogP contribution in [-0.2, 0) is 4.74 Å². The minimum absolute atomic E-state index is 0.221. The fourth-order valence-corrected chi connectivity index (χ4v) is 1.85. The van der Waals surface area contributed by atoms with E-state index >= 15 is 0 Å². The van der Waals surface area contributed by atoms with Crippen LogP contribution in [0.4, 0.5) is 4.39 Å². The summed E-state index contributed by atoms with van der Waals surface area (Å²) < 4.78 is 20.0. The molecule has 94 valence electrons. The number of H-pyrrole nitrogens is 1. The Morgan fingerprint density at radius 1 is 1.65 bits per heavy atom. The van der Waals surface area contributed by atoms with Gasteiger partial charge in [0, 0.05) is 6.20 Å². The normalized spacial score (nSPS) is 32.9. The first-order chi connectivity index (χ1) is 8.04. The number of alkyl halides is 1. The number of hydrogen-bond donors (Lipinski definition) is 3. The van der Waals surface area contributed by atoms with E-state index < -0.39 is 36.9 Å². The topological polar surface area (TPSA) is 87.5 Å². The molecule has 0 aliphatic carbocycles. The summed E-state index contributed by atoms with van der Waals surface area (Å²) in [5.74, 6) is 0. The number of aliphatic hydroxyl groups is 2. The van der Waals surface area contributed by atoms with Crippen LogP contribution in [0.15, 0.2) is 17.1 Å². The van der Waals surface area contributed by atoms with E-state index in [2.05, 4.69) is 4.98 Å². The summed E-state index contributed by atoms with van der Waals surface area (Å²) in [4.78, 5) is 13.8. The molecule has 1 fully saturated rings. The van der Waals surface area contributed by atoms with E-state index in [-0.39, 0.29) is 4.64 Å². The number of aromatic nitrogens is 2. The highest BCUT2D eigenvalue weighted by molar-refractivity contribution is 7.71. The molecule has 1 saturated heterocycles. The van der Waals surface area contributed by atoms with Gasteiger partial charge in [0.25, 0.3) is 0 Å². The van der Waals surface area contributed by atoms with Gasteiger partial charge in [-0.2, -0.15) is 0 Å². The van der Waals surface area contributed by atoms with E-state index in [0.29, 0.717) is 0 Å². The third-order valence-electron chi connectivity index (χ3n) is 2.60. The van der Waals surface area contributed by atoms with Crippen molar-refractivity contribution in [2.45, 2.75) is 24.6 Å². The van der Waals surface area contributed by atoms with Crippen molar-refractivity contribution < 1.29 is 19.3 Å². The minimum atomic E-state index is -1.78. The first kappa shape index (κ1) is 12.4. The average molecular weight is 262 g/mol. The van der Waals surface area contributed by atoms with Gasteiger partial charge in [-0.05, 0) is 6.07 Å². The fourth-order valence-electron chi connectivity index (χ4n) is 1.71. The number of aromatic amines is 1. The summed E-state index contributed by atoms with van der Waals surface area (Å²) in [6.07, 6.45) is -4.26. The van der Waals surface area contributed by atoms with Crippen molar-refractivity contribution in [3.05, 3.63) is 27.4 Å². The smallest absolute Gasteiger partial charge is 0.328 e. The minimum Gasteiger partial charge on any atom is -0.394 e. The van der Waals surface area contributed by atoms with Gasteiger partial charge in [-0.15, -0.1) is 0 Å².